The quantitative estimate of drug-likeness (QED) is 0.705. The Hall–Kier alpha value is -2.94. The van der Waals surface area contributed by atoms with E-state index in [0.717, 1.165) is 50.0 Å². The third-order valence-corrected chi connectivity index (χ3v) is 6.25. The maximum absolute atomic E-state index is 5.29. The molecule has 5 rings (SSSR count). The number of anilines is 3. The van der Waals surface area contributed by atoms with Crippen LogP contribution in [0.25, 0.3) is 0 Å². The molecule has 0 radical (unpaired) electrons. The highest BCUT2D eigenvalue weighted by molar-refractivity contribution is 5.53. The van der Waals surface area contributed by atoms with Crippen LogP contribution in [-0.4, -0.2) is 56.0 Å². The summed E-state index contributed by atoms with van der Waals surface area (Å²) in [6.45, 7) is 7.43. The van der Waals surface area contributed by atoms with E-state index >= 15 is 0 Å². The minimum Gasteiger partial charge on any atom is -0.360 e. The highest BCUT2D eigenvalue weighted by atomic mass is 16.5. The summed E-state index contributed by atoms with van der Waals surface area (Å²) in [4.78, 5) is 14.0. The number of hydrogen-bond donors (Lipinski definition) is 1. The Morgan fingerprint density at radius 3 is 3.00 bits per heavy atom. The predicted molar refractivity (Wildman–Crippen MR) is 109 cm³/mol. The molecule has 3 aromatic rings. The van der Waals surface area contributed by atoms with Crippen LogP contribution in [0, 0.1) is 11.3 Å². The second-order valence-corrected chi connectivity index (χ2v) is 8.46. The molecule has 0 aromatic carbocycles. The maximum atomic E-state index is 5.29. The van der Waals surface area contributed by atoms with Gasteiger partial charge in [-0.2, -0.15) is 10.1 Å². The summed E-state index contributed by atoms with van der Waals surface area (Å²) in [7, 11) is 1.89. The molecule has 2 aliphatic heterocycles. The lowest BCUT2D eigenvalue weighted by Crippen LogP contribution is -2.44. The number of piperidine rings is 1. The van der Waals surface area contributed by atoms with E-state index in [1.165, 1.54) is 6.42 Å². The van der Waals surface area contributed by atoms with Gasteiger partial charge in [0.1, 0.15) is 5.82 Å². The summed E-state index contributed by atoms with van der Waals surface area (Å²) in [6.07, 6.45) is 8.39. The summed E-state index contributed by atoms with van der Waals surface area (Å²) in [5.74, 6) is 3.11. The number of aryl methyl sites for hydroxylation is 1. The number of nitrogens with one attached hydrogen (secondary N) is 1. The molecule has 29 heavy (non-hydrogen) atoms. The van der Waals surface area contributed by atoms with E-state index in [9.17, 15) is 0 Å². The molecule has 0 bridgehead atoms. The van der Waals surface area contributed by atoms with E-state index in [-0.39, 0.29) is 0 Å². The zero-order valence-corrected chi connectivity index (χ0v) is 16.8. The van der Waals surface area contributed by atoms with Crippen molar-refractivity contribution in [2.24, 2.45) is 18.4 Å². The Labute approximate surface area is 169 Å². The van der Waals surface area contributed by atoms with Gasteiger partial charge in [-0.05, 0) is 30.4 Å². The number of rotatable bonds is 5. The molecule has 1 N–H and O–H groups in total. The summed E-state index contributed by atoms with van der Waals surface area (Å²) >= 11 is 0. The van der Waals surface area contributed by atoms with Gasteiger partial charge in [-0.15, -0.1) is 0 Å². The molecule has 9 nitrogen and oxygen atoms in total. The zero-order chi connectivity index (χ0) is 19.8. The van der Waals surface area contributed by atoms with E-state index < -0.39 is 0 Å². The van der Waals surface area contributed by atoms with Crippen LogP contribution in [0.3, 0.4) is 0 Å². The molecule has 152 valence electrons. The SMILES string of the molecule is Cn1cc(Nc2nccc(N3C[C@@H]4CN(Cc5ccno5)CC[C@]4(C)C3)n2)cn1. The number of likely N-dealkylation sites (tertiary alicyclic amines) is 1. The Morgan fingerprint density at radius 1 is 1.28 bits per heavy atom. The molecule has 2 saturated heterocycles. The number of nitrogens with zero attached hydrogens (tertiary/aromatic N) is 7. The van der Waals surface area contributed by atoms with Crippen LogP contribution in [0.2, 0.25) is 0 Å². The van der Waals surface area contributed by atoms with Crippen molar-refractivity contribution < 1.29 is 4.52 Å². The minimum atomic E-state index is 0.305. The average molecular weight is 394 g/mol. The Bertz CT molecular complexity index is 971. The third-order valence-electron chi connectivity index (χ3n) is 6.25. The topological polar surface area (TPSA) is 88.1 Å². The van der Waals surface area contributed by atoms with E-state index in [0.29, 0.717) is 17.3 Å². The second kappa shape index (κ2) is 7.14. The van der Waals surface area contributed by atoms with Crippen molar-refractivity contribution in [3.63, 3.8) is 0 Å². The van der Waals surface area contributed by atoms with Gasteiger partial charge in [0.05, 0.1) is 24.6 Å². The van der Waals surface area contributed by atoms with Crippen molar-refractivity contribution in [3.05, 3.63) is 42.7 Å². The van der Waals surface area contributed by atoms with E-state index in [1.54, 1.807) is 17.1 Å². The monoisotopic (exact) mass is 394 g/mol. The first-order valence-electron chi connectivity index (χ1n) is 10.0. The molecular formula is C20H26N8O. The zero-order valence-electron chi connectivity index (χ0n) is 16.8. The van der Waals surface area contributed by atoms with Gasteiger partial charge in [-0.3, -0.25) is 9.58 Å². The van der Waals surface area contributed by atoms with Crippen LogP contribution in [0.4, 0.5) is 17.5 Å². The molecule has 0 aliphatic carbocycles. The summed E-state index contributed by atoms with van der Waals surface area (Å²) < 4.78 is 7.05. The highest BCUT2D eigenvalue weighted by Gasteiger charge is 2.46. The third kappa shape index (κ3) is 3.69. The fraction of sp³-hybridized carbons (Fsp3) is 0.500. The molecule has 0 spiro atoms. The van der Waals surface area contributed by atoms with Crippen molar-refractivity contribution in [1.29, 1.82) is 0 Å². The second-order valence-electron chi connectivity index (χ2n) is 8.46. The minimum absolute atomic E-state index is 0.305. The van der Waals surface area contributed by atoms with Crippen LogP contribution < -0.4 is 10.2 Å². The lowest BCUT2D eigenvalue weighted by Gasteiger charge is -2.40. The average Bonchev–Trinajstić information content (AvgIpc) is 3.43. The number of hydrogen-bond acceptors (Lipinski definition) is 8. The van der Waals surface area contributed by atoms with Crippen molar-refractivity contribution in [2.45, 2.75) is 19.9 Å². The number of fused-ring (bicyclic) bond motifs is 1. The largest absolute Gasteiger partial charge is 0.360 e. The van der Waals surface area contributed by atoms with E-state index in [1.807, 2.05) is 31.6 Å². The molecule has 2 atom stereocenters. The fourth-order valence-electron chi connectivity index (χ4n) is 4.56. The Balaban J connectivity index is 1.28. The van der Waals surface area contributed by atoms with Gasteiger partial charge in [-0.1, -0.05) is 12.1 Å². The van der Waals surface area contributed by atoms with Gasteiger partial charge >= 0.3 is 0 Å². The van der Waals surface area contributed by atoms with Crippen molar-refractivity contribution in [2.75, 3.05) is 36.4 Å². The summed E-state index contributed by atoms with van der Waals surface area (Å²) in [5, 5.41) is 11.2. The summed E-state index contributed by atoms with van der Waals surface area (Å²) in [6, 6.07) is 3.95. The van der Waals surface area contributed by atoms with Gasteiger partial charge in [-0.25, -0.2) is 4.98 Å². The van der Waals surface area contributed by atoms with Gasteiger partial charge in [0.25, 0.3) is 0 Å². The first-order chi connectivity index (χ1) is 14.1. The molecule has 0 unspecified atom stereocenters. The Morgan fingerprint density at radius 2 is 2.21 bits per heavy atom. The van der Waals surface area contributed by atoms with Crippen LogP contribution in [0.1, 0.15) is 19.1 Å². The highest BCUT2D eigenvalue weighted by Crippen LogP contribution is 2.43. The van der Waals surface area contributed by atoms with Crippen LogP contribution in [0.5, 0.6) is 0 Å². The maximum Gasteiger partial charge on any atom is 0.229 e. The lowest BCUT2D eigenvalue weighted by molar-refractivity contribution is 0.0732. The first kappa shape index (κ1) is 18.1. The van der Waals surface area contributed by atoms with Crippen LogP contribution in [0.15, 0.2) is 41.4 Å². The van der Waals surface area contributed by atoms with Crippen LogP contribution >= 0.6 is 0 Å². The van der Waals surface area contributed by atoms with Crippen molar-refractivity contribution in [3.8, 4) is 0 Å². The lowest BCUT2D eigenvalue weighted by atomic mass is 9.74. The van der Waals surface area contributed by atoms with E-state index in [2.05, 4.69) is 37.3 Å². The molecule has 9 heteroatoms. The van der Waals surface area contributed by atoms with Gasteiger partial charge < -0.3 is 14.7 Å². The molecule has 2 fully saturated rings. The summed E-state index contributed by atoms with van der Waals surface area (Å²) in [5.41, 5.74) is 1.19. The molecule has 0 saturated carbocycles. The van der Waals surface area contributed by atoms with Gasteiger partial charge in [0.2, 0.25) is 5.95 Å². The fourth-order valence-corrected chi connectivity index (χ4v) is 4.56. The van der Waals surface area contributed by atoms with Crippen LogP contribution in [-0.2, 0) is 13.6 Å². The smallest absolute Gasteiger partial charge is 0.229 e. The molecule has 2 aliphatic rings. The molecule has 5 heterocycles. The standard InChI is InChI=1S/C20H26N8O/c1-20-5-8-27(13-17-3-7-23-29-17)10-15(20)11-28(14-20)18-4-6-21-19(25-18)24-16-9-22-26(2)12-16/h3-4,6-7,9,12,15H,5,8,10-11,13-14H2,1-2H3,(H,21,24,25)/t15-,20+/m0/s1. The molecular weight excluding hydrogens is 368 g/mol. The predicted octanol–water partition coefficient (Wildman–Crippen LogP) is 2.29. The van der Waals surface area contributed by atoms with Gasteiger partial charge in [0, 0.05) is 45.1 Å². The number of aromatic nitrogens is 5. The molecule has 0 amide bonds. The normalized spacial score (nSPS) is 24.6. The van der Waals surface area contributed by atoms with Gasteiger partial charge in [0.15, 0.2) is 5.76 Å². The Kier molecular flexibility index (Phi) is 4.46. The van der Waals surface area contributed by atoms with Crippen molar-refractivity contribution >= 4 is 17.5 Å². The van der Waals surface area contributed by atoms with Crippen molar-refractivity contribution in [1.82, 2.24) is 29.8 Å². The van der Waals surface area contributed by atoms with E-state index in [4.69, 9.17) is 9.51 Å². The first-order valence-corrected chi connectivity index (χ1v) is 10.0. The molecule has 3 aromatic heterocycles.